The molecule has 0 saturated carbocycles. The topological polar surface area (TPSA) is 65.6 Å². The van der Waals surface area contributed by atoms with E-state index in [0.29, 0.717) is 13.1 Å². The minimum Gasteiger partial charge on any atom is -0.378 e. The van der Waals surface area contributed by atoms with Crippen molar-refractivity contribution in [3.8, 4) is 0 Å². The van der Waals surface area contributed by atoms with Gasteiger partial charge in [-0.3, -0.25) is 0 Å². The Labute approximate surface area is 125 Å². The molecule has 1 aromatic carbocycles. The monoisotopic (exact) mass is 292 g/mol. The average Bonchev–Trinajstić information content (AvgIpc) is 2.54. The lowest BCUT2D eigenvalue weighted by Gasteiger charge is -2.28. The first-order chi connectivity index (χ1) is 10.3. The fourth-order valence-electron chi connectivity index (χ4n) is 2.19. The quantitative estimate of drug-likeness (QED) is 0.670. The van der Waals surface area contributed by atoms with Gasteiger partial charge in [-0.25, -0.2) is 4.79 Å². The summed E-state index contributed by atoms with van der Waals surface area (Å²) < 4.78 is 5.35. The van der Waals surface area contributed by atoms with Gasteiger partial charge >= 0.3 is 6.03 Å². The molecule has 1 saturated heterocycles. The van der Waals surface area contributed by atoms with Crippen LogP contribution in [0.1, 0.15) is 5.56 Å². The molecule has 1 heterocycles. The maximum absolute atomic E-state index is 11.5. The maximum atomic E-state index is 11.5. The molecule has 0 bridgehead atoms. The smallest absolute Gasteiger partial charge is 0.315 e. The standard InChI is InChI=1S/C15H24N4O2/c1-16-6-7-17-15(20)18-12-13-2-4-14(5-3-13)19-8-10-21-11-9-19/h2-5,16H,6-12H2,1H3,(H2,17,18,20). The second-order valence-electron chi connectivity index (χ2n) is 4.98. The molecule has 1 fully saturated rings. The van der Waals surface area contributed by atoms with Gasteiger partial charge in [0, 0.05) is 38.4 Å². The number of morpholine rings is 1. The van der Waals surface area contributed by atoms with Crippen molar-refractivity contribution in [2.24, 2.45) is 0 Å². The van der Waals surface area contributed by atoms with Crippen LogP contribution in [0.3, 0.4) is 0 Å². The summed E-state index contributed by atoms with van der Waals surface area (Å²) in [5.74, 6) is 0. The van der Waals surface area contributed by atoms with E-state index in [1.165, 1.54) is 5.69 Å². The molecule has 1 aliphatic rings. The highest BCUT2D eigenvalue weighted by Crippen LogP contribution is 2.16. The molecule has 0 spiro atoms. The number of hydrogen-bond acceptors (Lipinski definition) is 4. The normalized spacial score (nSPS) is 14.8. The van der Waals surface area contributed by atoms with E-state index in [2.05, 4.69) is 45.1 Å². The van der Waals surface area contributed by atoms with Crippen molar-refractivity contribution < 1.29 is 9.53 Å². The number of likely N-dealkylation sites (N-methyl/N-ethyl adjacent to an activating group) is 1. The molecule has 0 unspecified atom stereocenters. The van der Waals surface area contributed by atoms with Crippen molar-refractivity contribution in [2.45, 2.75) is 6.54 Å². The van der Waals surface area contributed by atoms with Crippen molar-refractivity contribution in [1.29, 1.82) is 0 Å². The van der Waals surface area contributed by atoms with Gasteiger partial charge in [0.2, 0.25) is 0 Å². The van der Waals surface area contributed by atoms with Gasteiger partial charge in [-0.15, -0.1) is 0 Å². The van der Waals surface area contributed by atoms with Crippen LogP contribution in [0.2, 0.25) is 0 Å². The molecule has 2 amide bonds. The van der Waals surface area contributed by atoms with E-state index in [0.717, 1.165) is 38.4 Å². The molecule has 6 heteroatoms. The van der Waals surface area contributed by atoms with Gasteiger partial charge in [-0.1, -0.05) is 12.1 Å². The highest BCUT2D eigenvalue weighted by Gasteiger charge is 2.10. The first kappa shape index (κ1) is 15.6. The molecule has 0 radical (unpaired) electrons. The zero-order valence-corrected chi connectivity index (χ0v) is 12.5. The van der Waals surface area contributed by atoms with E-state index in [1.807, 2.05) is 7.05 Å². The second kappa shape index (κ2) is 8.49. The molecule has 21 heavy (non-hydrogen) atoms. The number of amides is 2. The Bertz CT molecular complexity index is 430. The molecule has 116 valence electrons. The minimum atomic E-state index is -0.137. The van der Waals surface area contributed by atoms with Crippen LogP contribution in [-0.4, -0.2) is 52.5 Å². The Hall–Kier alpha value is -1.79. The SMILES string of the molecule is CNCCNC(=O)NCc1ccc(N2CCOCC2)cc1. The van der Waals surface area contributed by atoms with Crippen LogP contribution in [0.25, 0.3) is 0 Å². The first-order valence-corrected chi connectivity index (χ1v) is 7.37. The van der Waals surface area contributed by atoms with Crippen LogP contribution in [0, 0.1) is 0 Å². The van der Waals surface area contributed by atoms with Crippen molar-refractivity contribution >= 4 is 11.7 Å². The van der Waals surface area contributed by atoms with Crippen molar-refractivity contribution in [1.82, 2.24) is 16.0 Å². The molecule has 0 atom stereocenters. The Morgan fingerprint density at radius 1 is 1.14 bits per heavy atom. The number of urea groups is 1. The number of nitrogens with one attached hydrogen (secondary N) is 3. The molecule has 0 aromatic heterocycles. The van der Waals surface area contributed by atoms with E-state index in [9.17, 15) is 4.79 Å². The Kier molecular flexibility index (Phi) is 6.30. The lowest BCUT2D eigenvalue weighted by atomic mass is 10.2. The van der Waals surface area contributed by atoms with E-state index in [1.54, 1.807) is 0 Å². The summed E-state index contributed by atoms with van der Waals surface area (Å²) >= 11 is 0. The van der Waals surface area contributed by atoms with Crippen LogP contribution in [-0.2, 0) is 11.3 Å². The van der Waals surface area contributed by atoms with Crippen LogP contribution in [0.5, 0.6) is 0 Å². The number of rotatable bonds is 6. The highest BCUT2D eigenvalue weighted by molar-refractivity contribution is 5.73. The van der Waals surface area contributed by atoms with Gasteiger partial charge < -0.3 is 25.6 Å². The van der Waals surface area contributed by atoms with Crippen molar-refractivity contribution in [3.05, 3.63) is 29.8 Å². The number of anilines is 1. The fourth-order valence-corrected chi connectivity index (χ4v) is 2.19. The predicted octanol–water partition coefficient (Wildman–Crippen LogP) is 0.542. The molecule has 3 N–H and O–H groups in total. The molecule has 6 nitrogen and oxygen atoms in total. The van der Waals surface area contributed by atoms with Crippen molar-refractivity contribution in [2.75, 3.05) is 51.3 Å². The summed E-state index contributed by atoms with van der Waals surface area (Å²) in [7, 11) is 1.86. The zero-order chi connectivity index (χ0) is 14.9. The third-order valence-corrected chi connectivity index (χ3v) is 3.43. The molecule has 1 aromatic rings. The van der Waals surface area contributed by atoms with Gasteiger partial charge in [0.15, 0.2) is 0 Å². The number of ether oxygens (including phenoxy) is 1. The third kappa shape index (κ3) is 5.24. The molecule has 2 rings (SSSR count). The summed E-state index contributed by atoms with van der Waals surface area (Å²) in [6, 6.07) is 8.17. The van der Waals surface area contributed by atoms with Crippen LogP contribution < -0.4 is 20.9 Å². The number of nitrogens with zero attached hydrogens (tertiary/aromatic N) is 1. The van der Waals surface area contributed by atoms with E-state index < -0.39 is 0 Å². The van der Waals surface area contributed by atoms with Crippen LogP contribution in [0.15, 0.2) is 24.3 Å². The molecule has 0 aliphatic carbocycles. The van der Waals surface area contributed by atoms with Crippen molar-refractivity contribution in [3.63, 3.8) is 0 Å². The summed E-state index contributed by atoms with van der Waals surface area (Å²) in [4.78, 5) is 13.8. The number of carbonyl (C=O) groups excluding carboxylic acids is 1. The number of carbonyl (C=O) groups is 1. The molecular weight excluding hydrogens is 268 g/mol. The van der Waals surface area contributed by atoms with Crippen LogP contribution in [0.4, 0.5) is 10.5 Å². The van der Waals surface area contributed by atoms with Gasteiger partial charge in [0.1, 0.15) is 0 Å². The largest absolute Gasteiger partial charge is 0.378 e. The lowest BCUT2D eigenvalue weighted by molar-refractivity contribution is 0.122. The van der Waals surface area contributed by atoms with Gasteiger partial charge in [0.25, 0.3) is 0 Å². The second-order valence-corrected chi connectivity index (χ2v) is 4.98. The summed E-state index contributed by atoms with van der Waals surface area (Å²) in [5.41, 5.74) is 2.30. The van der Waals surface area contributed by atoms with E-state index >= 15 is 0 Å². The lowest BCUT2D eigenvalue weighted by Crippen LogP contribution is -2.38. The van der Waals surface area contributed by atoms with Crippen LogP contribution >= 0.6 is 0 Å². The highest BCUT2D eigenvalue weighted by atomic mass is 16.5. The number of hydrogen-bond donors (Lipinski definition) is 3. The maximum Gasteiger partial charge on any atom is 0.315 e. The van der Waals surface area contributed by atoms with Gasteiger partial charge in [-0.2, -0.15) is 0 Å². The number of benzene rings is 1. The van der Waals surface area contributed by atoms with Gasteiger partial charge in [0.05, 0.1) is 13.2 Å². The Balaban J connectivity index is 1.75. The minimum absolute atomic E-state index is 0.137. The van der Waals surface area contributed by atoms with E-state index in [4.69, 9.17) is 4.74 Å². The zero-order valence-electron chi connectivity index (χ0n) is 12.5. The molecular formula is C15H24N4O2. The van der Waals surface area contributed by atoms with Gasteiger partial charge in [-0.05, 0) is 24.7 Å². The Morgan fingerprint density at radius 2 is 1.86 bits per heavy atom. The summed E-state index contributed by atoms with van der Waals surface area (Å²) in [6.07, 6.45) is 0. The predicted molar refractivity (Wildman–Crippen MR) is 83.6 cm³/mol. The summed E-state index contributed by atoms with van der Waals surface area (Å²) in [5, 5.41) is 8.61. The average molecular weight is 292 g/mol. The Morgan fingerprint density at radius 3 is 2.52 bits per heavy atom. The fraction of sp³-hybridized carbons (Fsp3) is 0.533. The third-order valence-electron chi connectivity index (χ3n) is 3.43. The first-order valence-electron chi connectivity index (χ1n) is 7.37. The molecule has 1 aliphatic heterocycles. The summed E-state index contributed by atoms with van der Waals surface area (Å²) in [6.45, 7) is 5.37. The van der Waals surface area contributed by atoms with E-state index in [-0.39, 0.29) is 6.03 Å².